The zero-order chi connectivity index (χ0) is 20.1. The summed E-state index contributed by atoms with van der Waals surface area (Å²) in [5.41, 5.74) is 6.11. The van der Waals surface area contributed by atoms with Gasteiger partial charge in [0, 0.05) is 11.3 Å². The number of carbonyl (C=O) groups is 2. The van der Waals surface area contributed by atoms with Gasteiger partial charge in [-0.3, -0.25) is 9.59 Å². The summed E-state index contributed by atoms with van der Waals surface area (Å²) in [6.07, 6.45) is 0. The number of amides is 2. The number of nitrogens with one attached hydrogen (secondary N) is 2. The lowest BCUT2D eigenvalue weighted by Gasteiger charge is -2.08. The highest BCUT2D eigenvalue weighted by Gasteiger charge is 2.10. The van der Waals surface area contributed by atoms with Crippen molar-refractivity contribution in [2.75, 3.05) is 5.32 Å². The van der Waals surface area contributed by atoms with E-state index in [1.54, 1.807) is 37.3 Å². The molecule has 7 heteroatoms. The van der Waals surface area contributed by atoms with Crippen molar-refractivity contribution in [2.24, 2.45) is 5.10 Å². The van der Waals surface area contributed by atoms with Crippen LogP contribution in [0.1, 0.15) is 39.0 Å². The summed E-state index contributed by atoms with van der Waals surface area (Å²) < 4.78 is 5.65. The topological polar surface area (TPSA) is 83.7 Å². The highest BCUT2D eigenvalue weighted by Crippen LogP contribution is 2.15. The van der Waals surface area contributed by atoms with Gasteiger partial charge >= 0.3 is 5.91 Å². The average molecular weight is 440 g/mol. The first kappa shape index (κ1) is 19.6. The Bertz CT molecular complexity index is 1040. The third-order valence-electron chi connectivity index (χ3n) is 4.07. The fourth-order valence-corrected chi connectivity index (χ4v) is 2.82. The Morgan fingerprint density at radius 2 is 1.68 bits per heavy atom. The van der Waals surface area contributed by atoms with E-state index in [1.165, 1.54) is 0 Å². The number of rotatable bonds is 5. The van der Waals surface area contributed by atoms with Crippen molar-refractivity contribution < 1.29 is 14.0 Å². The summed E-state index contributed by atoms with van der Waals surface area (Å²) in [7, 11) is 0. The van der Waals surface area contributed by atoms with Gasteiger partial charge in [0.25, 0.3) is 5.91 Å². The minimum absolute atomic E-state index is 0.159. The van der Waals surface area contributed by atoms with Crippen LogP contribution in [0.3, 0.4) is 0 Å². The first-order chi connectivity index (χ1) is 13.4. The molecule has 2 N–H and O–H groups in total. The molecule has 0 aliphatic carbocycles. The molecule has 142 valence electrons. The van der Waals surface area contributed by atoms with Crippen LogP contribution in [0, 0.1) is 6.92 Å². The number of carbonyl (C=O) groups excluding carboxylic acids is 2. The van der Waals surface area contributed by atoms with Crippen LogP contribution < -0.4 is 10.7 Å². The zero-order valence-electron chi connectivity index (χ0n) is 15.3. The number of aryl methyl sites for hydroxylation is 1. The quantitative estimate of drug-likeness (QED) is 0.444. The molecule has 0 saturated heterocycles. The molecule has 6 nitrogen and oxygen atoms in total. The summed E-state index contributed by atoms with van der Waals surface area (Å²) in [5.74, 6) is -0.432. The lowest BCUT2D eigenvalue weighted by Crippen LogP contribution is -2.18. The molecule has 0 spiro atoms. The van der Waals surface area contributed by atoms with Crippen molar-refractivity contribution in [3.63, 3.8) is 0 Å². The van der Waals surface area contributed by atoms with E-state index in [1.807, 2.05) is 37.3 Å². The third kappa shape index (κ3) is 4.75. The monoisotopic (exact) mass is 439 g/mol. The average Bonchev–Trinajstić information content (AvgIpc) is 3.13. The number of hydrazone groups is 1. The number of benzene rings is 2. The Balaban J connectivity index is 1.64. The minimum atomic E-state index is -0.438. The number of hydrogen-bond donors (Lipinski definition) is 2. The molecule has 3 rings (SSSR count). The van der Waals surface area contributed by atoms with Crippen LogP contribution in [-0.2, 0) is 0 Å². The largest absolute Gasteiger partial charge is 0.444 e. The van der Waals surface area contributed by atoms with Gasteiger partial charge in [0.05, 0.1) is 5.71 Å². The van der Waals surface area contributed by atoms with Crippen molar-refractivity contribution in [1.82, 2.24) is 5.43 Å². The van der Waals surface area contributed by atoms with Gasteiger partial charge in [-0.05, 0) is 71.2 Å². The maximum Gasteiger partial charge on any atom is 0.307 e. The van der Waals surface area contributed by atoms with E-state index in [0.29, 0.717) is 21.6 Å². The maximum atomic E-state index is 12.4. The first-order valence-corrected chi connectivity index (χ1v) is 9.31. The molecule has 0 aliphatic heterocycles. The molecule has 0 fully saturated rings. The van der Waals surface area contributed by atoms with Gasteiger partial charge in [-0.2, -0.15) is 5.10 Å². The molecule has 0 bridgehead atoms. The van der Waals surface area contributed by atoms with Crippen molar-refractivity contribution in [1.29, 1.82) is 0 Å². The van der Waals surface area contributed by atoms with Crippen molar-refractivity contribution in [3.8, 4) is 0 Å². The van der Waals surface area contributed by atoms with Gasteiger partial charge in [-0.1, -0.05) is 30.3 Å². The minimum Gasteiger partial charge on any atom is -0.444 e. The van der Waals surface area contributed by atoms with Gasteiger partial charge in [-0.25, -0.2) is 5.43 Å². The summed E-state index contributed by atoms with van der Waals surface area (Å²) in [5, 5.41) is 6.96. The number of hydrogen-bond acceptors (Lipinski definition) is 4. The molecule has 1 heterocycles. The molecule has 1 aromatic heterocycles. The first-order valence-electron chi connectivity index (χ1n) is 8.51. The number of halogens is 1. The summed E-state index contributed by atoms with van der Waals surface area (Å²) >= 11 is 3.15. The standard InChI is InChI=1S/C21H18BrN3O3/c1-13-5-3-4-6-17(13)20(26)23-16-9-7-15(8-10-16)14(2)24-25-21(27)18-11-12-19(22)28-18/h3-12H,1-2H3,(H,23,26)(H,25,27)/b24-14-. The van der Waals surface area contributed by atoms with Crippen molar-refractivity contribution in [3.05, 3.63) is 87.8 Å². The fraction of sp³-hybridized carbons (Fsp3) is 0.0952. The normalized spacial score (nSPS) is 11.2. The zero-order valence-corrected chi connectivity index (χ0v) is 16.9. The molecule has 3 aromatic rings. The predicted molar refractivity (Wildman–Crippen MR) is 112 cm³/mol. The van der Waals surface area contributed by atoms with Gasteiger partial charge in [-0.15, -0.1) is 0 Å². The van der Waals surface area contributed by atoms with Crippen LogP contribution >= 0.6 is 15.9 Å². The third-order valence-corrected chi connectivity index (χ3v) is 4.50. The van der Waals surface area contributed by atoms with Crippen LogP contribution in [0.15, 0.2) is 74.9 Å². The van der Waals surface area contributed by atoms with Crippen LogP contribution in [0.4, 0.5) is 5.69 Å². The van der Waals surface area contributed by atoms with E-state index >= 15 is 0 Å². The van der Waals surface area contributed by atoms with E-state index in [-0.39, 0.29) is 11.7 Å². The Labute approximate surface area is 170 Å². The molecule has 0 aliphatic rings. The second-order valence-corrected chi connectivity index (χ2v) is 6.87. The van der Waals surface area contributed by atoms with Crippen molar-refractivity contribution >= 4 is 39.1 Å². The van der Waals surface area contributed by atoms with Crippen LogP contribution in [0.5, 0.6) is 0 Å². The van der Waals surface area contributed by atoms with Gasteiger partial charge in [0.2, 0.25) is 0 Å². The second-order valence-electron chi connectivity index (χ2n) is 6.09. The van der Waals surface area contributed by atoms with Crippen LogP contribution in [0.25, 0.3) is 0 Å². The highest BCUT2D eigenvalue weighted by molar-refractivity contribution is 9.10. The number of nitrogens with zero attached hydrogens (tertiary/aromatic N) is 1. The highest BCUT2D eigenvalue weighted by atomic mass is 79.9. The predicted octanol–water partition coefficient (Wildman–Crippen LogP) is 4.76. The van der Waals surface area contributed by atoms with Crippen molar-refractivity contribution in [2.45, 2.75) is 13.8 Å². The van der Waals surface area contributed by atoms with Crippen LogP contribution in [-0.4, -0.2) is 17.5 Å². The lowest BCUT2D eigenvalue weighted by molar-refractivity contribution is 0.0925. The second kappa shape index (κ2) is 8.67. The van der Waals surface area contributed by atoms with E-state index in [4.69, 9.17) is 4.42 Å². The Kier molecular flexibility index (Phi) is 6.06. The fourth-order valence-electron chi connectivity index (χ4n) is 2.51. The molecule has 0 atom stereocenters. The molecule has 2 aromatic carbocycles. The molecule has 0 saturated carbocycles. The Morgan fingerprint density at radius 1 is 0.964 bits per heavy atom. The molecule has 2 amide bonds. The summed E-state index contributed by atoms with van der Waals surface area (Å²) in [4.78, 5) is 24.3. The molecular weight excluding hydrogens is 422 g/mol. The van der Waals surface area contributed by atoms with Gasteiger partial charge in [0.1, 0.15) is 0 Å². The van der Waals surface area contributed by atoms with E-state index in [0.717, 1.165) is 11.1 Å². The SMILES string of the molecule is C/C(=N/NC(=O)c1ccc(Br)o1)c1ccc(NC(=O)c2ccccc2C)cc1. The Hall–Kier alpha value is -3.19. The van der Waals surface area contributed by atoms with Gasteiger partial charge in [0.15, 0.2) is 10.4 Å². The van der Waals surface area contributed by atoms with Crippen LogP contribution in [0.2, 0.25) is 0 Å². The summed E-state index contributed by atoms with van der Waals surface area (Å²) in [6, 6.07) is 17.8. The van der Waals surface area contributed by atoms with Gasteiger partial charge < -0.3 is 9.73 Å². The molecule has 28 heavy (non-hydrogen) atoms. The van der Waals surface area contributed by atoms with E-state index in [9.17, 15) is 9.59 Å². The molecule has 0 radical (unpaired) electrons. The van der Waals surface area contributed by atoms with E-state index < -0.39 is 5.91 Å². The lowest BCUT2D eigenvalue weighted by atomic mass is 10.1. The molecular formula is C21H18BrN3O3. The molecule has 0 unspecified atom stereocenters. The maximum absolute atomic E-state index is 12.4. The van der Waals surface area contributed by atoms with E-state index in [2.05, 4.69) is 31.8 Å². The number of furan rings is 1. The Morgan fingerprint density at radius 3 is 2.32 bits per heavy atom. The smallest absolute Gasteiger partial charge is 0.307 e. The summed E-state index contributed by atoms with van der Waals surface area (Å²) in [6.45, 7) is 3.67. The number of anilines is 1.